The highest BCUT2D eigenvalue weighted by Crippen LogP contribution is 2.46. The van der Waals surface area contributed by atoms with Crippen LogP contribution in [-0.2, 0) is 9.09 Å². The van der Waals surface area contributed by atoms with Gasteiger partial charge in [-0.25, -0.2) is 9.98 Å². The third-order valence-corrected chi connectivity index (χ3v) is 8.79. The van der Waals surface area contributed by atoms with Gasteiger partial charge in [0.1, 0.15) is 17.0 Å². The molecule has 2 aromatic heterocycles. The molecular formula is C24H29N4O4PS. The molecule has 0 radical (unpaired) electrons. The summed E-state index contributed by atoms with van der Waals surface area (Å²) in [6, 6.07) is 3.41. The maximum atomic E-state index is 12.5. The zero-order valence-corrected chi connectivity index (χ0v) is 20.9. The topological polar surface area (TPSA) is 120 Å². The van der Waals surface area contributed by atoms with Gasteiger partial charge in [0.2, 0.25) is 5.88 Å². The number of rotatable bonds is 7. The van der Waals surface area contributed by atoms with Crippen LogP contribution in [0.2, 0.25) is 0 Å². The zero-order chi connectivity index (χ0) is 24.1. The van der Waals surface area contributed by atoms with E-state index >= 15 is 0 Å². The van der Waals surface area contributed by atoms with E-state index in [4.69, 9.17) is 20.0 Å². The molecule has 0 aromatic carbocycles. The monoisotopic (exact) mass is 500 g/mol. The van der Waals surface area contributed by atoms with Gasteiger partial charge in [0.15, 0.2) is 11.5 Å². The SMILES string of the molecule is C\C=C/C(=C\C=C\C1CCC(OP(=O)(O)c2cccs2)CC1)C1=Nc2c(N)ncnc2OC1C. The Hall–Kier alpha value is -2.58. The normalized spacial score (nSPS) is 25.1. The first kappa shape index (κ1) is 24.5. The molecule has 3 heterocycles. The Morgan fingerprint density at radius 1 is 1.32 bits per heavy atom. The molecule has 1 aliphatic carbocycles. The first-order valence-corrected chi connectivity index (χ1v) is 13.8. The zero-order valence-electron chi connectivity index (χ0n) is 19.2. The van der Waals surface area contributed by atoms with Gasteiger partial charge in [-0.2, -0.15) is 4.98 Å². The van der Waals surface area contributed by atoms with Gasteiger partial charge in [-0.05, 0) is 62.5 Å². The van der Waals surface area contributed by atoms with Crippen LogP contribution in [0.15, 0.2) is 64.8 Å². The van der Waals surface area contributed by atoms with Crippen LogP contribution in [0.3, 0.4) is 0 Å². The number of thiophene rings is 1. The van der Waals surface area contributed by atoms with Crippen LogP contribution >= 0.6 is 18.9 Å². The molecule has 2 aliphatic rings. The molecule has 10 heteroatoms. The predicted molar refractivity (Wildman–Crippen MR) is 136 cm³/mol. The molecule has 0 amide bonds. The van der Waals surface area contributed by atoms with E-state index in [-0.39, 0.29) is 18.0 Å². The fourth-order valence-corrected chi connectivity index (χ4v) is 6.39. The highest BCUT2D eigenvalue weighted by atomic mass is 32.1. The Kier molecular flexibility index (Phi) is 7.78. The number of anilines is 1. The lowest BCUT2D eigenvalue weighted by atomic mass is 9.87. The molecule has 180 valence electrons. The smallest absolute Gasteiger partial charge is 0.368 e. The van der Waals surface area contributed by atoms with Gasteiger partial charge >= 0.3 is 7.60 Å². The summed E-state index contributed by atoms with van der Waals surface area (Å²) in [4.78, 5) is 23.1. The molecule has 2 aromatic rings. The van der Waals surface area contributed by atoms with Crippen molar-refractivity contribution in [3.8, 4) is 5.88 Å². The summed E-state index contributed by atoms with van der Waals surface area (Å²) in [7, 11) is -3.74. The van der Waals surface area contributed by atoms with Crippen LogP contribution in [0.5, 0.6) is 5.88 Å². The molecule has 1 aliphatic heterocycles. The number of hydrogen-bond acceptors (Lipinski definition) is 8. The lowest BCUT2D eigenvalue weighted by Crippen LogP contribution is -2.28. The first-order valence-electron chi connectivity index (χ1n) is 11.3. The largest absolute Gasteiger partial charge is 0.466 e. The average Bonchev–Trinajstić information content (AvgIpc) is 3.36. The first-order chi connectivity index (χ1) is 16.4. The molecular weight excluding hydrogens is 471 g/mol. The van der Waals surface area contributed by atoms with Crippen molar-refractivity contribution in [3.05, 3.63) is 59.8 Å². The van der Waals surface area contributed by atoms with Crippen molar-refractivity contribution in [1.82, 2.24) is 9.97 Å². The van der Waals surface area contributed by atoms with Crippen molar-refractivity contribution < 1.29 is 18.7 Å². The molecule has 1 saturated carbocycles. The van der Waals surface area contributed by atoms with Crippen molar-refractivity contribution >= 4 is 40.8 Å². The van der Waals surface area contributed by atoms with Gasteiger partial charge in [-0.15, -0.1) is 11.3 Å². The van der Waals surface area contributed by atoms with E-state index < -0.39 is 7.60 Å². The minimum Gasteiger partial charge on any atom is -0.466 e. The van der Waals surface area contributed by atoms with Crippen molar-refractivity contribution in [2.45, 2.75) is 51.7 Å². The number of fused-ring (bicyclic) bond motifs is 1. The number of nitrogen functional groups attached to an aromatic ring is 1. The second kappa shape index (κ2) is 10.8. The maximum Gasteiger partial charge on any atom is 0.368 e. The number of allylic oxidation sites excluding steroid dienone is 5. The van der Waals surface area contributed by atoms with Crippen LogP contribution in [-0.4, -0.2) is 32.8 Å². The molecule has 3 N–H and O–H groups in total. The molecule has 2 atom stereocenters. The molecule has 1 fully saturated rings. The Bertz CT molecular complexity index is 1170. The van der Waals surface area contributed by atoms with Gasteiger partial charge in [-0.3, -0.25) is 4.57 Å². The van der Waals surface area contributed by atoms with Crippen molar-refractivity contribution in [2.24, 2.45) is 10.9 Å². The van der Waals surface area contributed by atoms with Crippen LogP contribution < -0.4 is 15.1 Å². The number of aliphatic imine (C=N–C) groups is 1. The molecule has 8 nitrogen and oxygen atoms in total. The van der Waals surface area contributed by atoms with Gasteiger partial charge in [0, 0.05) is 0 Å². The Balaban J connectivity index is 1.40. The maximum absolute atomic E-state index is 12.5. The quantitative estimate of drug-likeness (QED) is 0.400. The number of nitrogens with two attached hydrogens (primary N) is 1. The van der Waals surface area contributed by atoms with Crippen molar-refractivity contribution in [2.75, 3.05) is 5.73 Å². The second-order valence-corrected chi connectivity index (χ2v) is 11.3. The van der Waals surface area contributed by atoms with Crippen molar-refractivity contribution in [1.29, 1.82) is 0 Å². The molecule has 4 rings (SSSR count). The highest BCUT2D eigenvalue weighted by molar-refractivity contribution is 7.67. The van der Waals surface area contributed by atoms with E-state index in [0.29, 0.717) is 22.1 Å². The highest BCUT2D eigenvalue weighted by Gasteiger charge is 2.31. The summed E-state index contributed by atoms with van der Waals surface area (Å²) in [5.74, 6) is 1.06. The van der Waals surface area contributed by atoms with E-state index in [9.17, 15) is 9.46 Å². The number of ether oxygens (including phenoxy) is 1. The lowest BCUT2D eigenvalue weighted by molar-refractivity contribution is 0.128. The Morgan fingerprint density at radius 3 is 2.82 bits per heavy atom. The Labute approximate surface area is 203 Å². The van der Waals surface area contributed by atoms with Gasteiger partial charge in [0.05, 0.1) is 11.8 Å². The Morgan fingerprint density at radius 2 is 2.12 bits per heavy atom. The predicted octanol–water partition coefficient (Wildman–Crippen LogP) is 5.12. The van der Waals surface area contributed by atoms with Crippen LogP contribution in [0.1, 0.15) is 39.5 Å². The fourth-order valence-electron chi connectivity index (χ4n) is 4.09. The van der Waals surface area contributed by atoms with E-state index in [0.717, 1.165) is 37.0 Å². The van der Waals surface area contributed by atoms with Crippen molar-refractivity contribution in [3.63, 3.8) is 0 Å². The second-order valence-electron chi connectivity index (χ2n) is 8.29. The minimum absolute atomic E-state index is 0.195. The average molecular weight is 501 g/mol. The molecule has 0 spiro atoms. The molecule has 2 unspecified atom stereocenters. The van der Waals surface area contributed by atoms with Gasteiger partial charge in [0.25, 0.3) is 0 Å². The van der Waals surface area contributed by atoms with Gasteiger partial charge in [-0.1, -0.05) is 36.4 Å². The summed E-state index contributed by atoms with van der Waals surface area (Å²) < 4.78 is 24.4. The number of nitrogens with zero attached hydrogens (tertiary/aromatic N) is 3. The van der Waals surface area contributed by atoms with E-state index in [2.05, 4.69) is 16.0 Å². The third-order valence-electron chi connectivity index (χ3n) is 5.82. The standard InChI is InChI=1S/C24H29N4O4PS/c1-3-6-18(21-16(2)31-24-22(28-21)23(25)26-15-27-24)8-4-7-17-10-12-19(13-11-17)32-33(29,30)20-9-5-14-34-20/h3-9,14-17,19H,10-13H2,1-2H3,(H,29,30)(H2,25,26,27)/b6-3-,7-4+,18-8+. The number of hydrogen-bond donors (Lipinski definition) is 2. The van der Waals surface area contributed by atoms with Crippen LogP contribution in [0.4, 0.5) is 11.5 Å². The molecule has 0 bridgehead atoms. The van der Waals surface area contributed by atoms with E-state index in [1.54, 1.807) is 17.5 Å². The fraction of sp³-hybridized carbons (Fsp3) is 0.375. The van der Waals surface area contributed by atoms with Crippen LogP contribution in [0, 0.1) is 5.92 Å². The third kappa shape index (κ3) is 5.73. The summed E-state index contributed by atoms with van der Waals surface area (Å²) in [5.41, 5.74) is 8.11. The summed E-state index contributed by atoms with van der Waals surface area (Å²) in [6.07, 6.45) is 14.4. The van der Waals surface area contributed by atoms with Gasteiger partial charge < -0.3 is 19.9 Å². The minimum atomic E-state index is -3.74. The molecule has 0 saturated heterocycles. The van der Waals surface area contributed by atoms with Crippen LogP contribution in [0.25, 0.3) is 0 Å². The van der Waals surface area contributed by atoms with E-state index in [1.807, 2.05) is 38.2 Å². The summed E-state index contributed by atoms with van der Waals surface area (Å²) in [6.45, 7) is 3.88. The van der Waals surface area contributed by atoms with E-state index in [1.165, 1.54) is 17.7 Å². The summed E-state index contributed by atoms with van der Waals surface area (Å²) >= 11 is 1.25. The lowest BCUT2D eigenvalue weighted by Gasteiger charge is -2.28. The summed E-state index contributed by atoms with van der Waals surface area (Å²) in [5, 5.41) is 1.78. The molecule has 34 heavy (non-hydrogen) atoms. The number of aromatic nitrogens is 2.